The number of fused-ring (bicyclic) bond motifs is 2. The van der Waals surface area contributed by atoms with Crippen LogP contribution in [-0.2, 0) is 21.0 Å². The van der Waals surface area contributed by atoms with E-state index in [1.165, 1.54) is 9.96 Å². The van der Waals surface area contributed by atoms with Crippen molar-refractivity contribution in [3.63, 3.8) is 0 Å². The highest BCUT2D eigenvalue weighted by molar-refractivity contribution is 5.86. The van der Waals surface area contributed by atoms with Gasteiger partial charge in [0.05, 0.1) is 12.6 Å². The second-order valence-electron chi connectivity index (χ2n) is 5.34. The van der Waals surface area contributed by atoms with Crippen molar-refractivity contribution in [3.05, 3.63) is 48.6 Å². The quantitative estimate of drug-likeness (QED) is 0.593. The van der Waals surface area contributed by atoms with Crippen molar-refractivity contribution in [1.29, 1.82) is 0 Å². The molecule has 6 nitrogen and oxygen atoms in total. The lowest BCUT2D eigenvalue weighted by atomic mass is 10.1. The number of rotatable bonds is 6. The zero-order valence-electron chi connectivity index (χ0n) is 12.2. The molecule has 0 N–H and O–H groups in total. The Hall–Kier alpha value is -2.34. The standard InChI is InChI=1S/C16H18N2O4/c1-2-8-22-18-13-9-14(17(10-13)16(18)20)15(19)21-11-12-6-4-3-5-7-12/h2-7,13-14H,1,8-11H2/t13-,14?/m0/s1. The molecule has 0 saturated carbocycles. The third-order valence-electron chi connectivity index (χ3n) is 3.87. The number of esters is 1. The summed E-state index contributed by atoms with van der Waals surface area (Å²) in [4.78, 5) is 31.2. The SMILES string of the molecule is C=CCON1C(=O)N2C[C@@H]1CC2C(=O)OCc1ccccc1. The number of hydrogen-bond acceptors (Lipinski definition) is 4. The number of carbonyl (C=O) groups excluding carboxylic acids is 2. The van der Waals surface area contributed by atoms with E-state index >= 15 is 0 Å². The van der Waals surface area contributed by atoms with Crippen LogP contribution in [0.4, 0.5) is 4.79 Å². The van der Waals surface area contributed by atoms with Gasteiger partial charge in [-0.1, -0.05) is 36.4 Å². The molecule has 1 aromatic rings. The molecule has 2 bridgehead atoms. The number of carbonyl (C=O) groups is 2. The molecule has 3 rings (SSSR count). The average molecular weight is 302 g/mol. The molecule has 0 spiro atoms. The minimum Gasteiger partial charge on any atom is -0.459 e. The van der Waals surface area contributed by atoms with Crippen molar-refractivity contribution in [3.8, 4) is 0 Å². The summed E-state index contributed by atoms with van der Waals surface area (Å²) in [5, 5.41) is 1.34. The van der Waals surface area contributed by atoms with Gasteiger partial charge < -0.3 is 9.64 Å². The minimum absolute atomic E-state index is 0.0956. The summed E-state index contributed by atoms with van der Waals surface area (Å²) in [5.74, 6) is -0.358. The van der Waals surface area contributed by atoms with Crippen LogP contribution >= 0.6 is 0 Å². The maximum atomic E-state index is 12.2. The molecule has 116 valence electrons. The Labute approximate surface area is 128 Å². The summed E-state index contributed by atoms with van der Waals surface area (Å²) in [6, 6.07) is 8.59. The fraction of sp³-hybridized carbons (Fsp3) is 0.375. The van der Waals surface area contributed by atoms with E-state index in [0.717, 1.165) is 5.56 Å². The van der Waals surface area contributed by atoms with Gasteiger partial charge >= 0.3 is 12.0 Å². The maximum absolute atomic E-state index is 12.2. The molecule has 2 fully saturated rings. The Bertz CT molecular complexity index is 575. The summed E-state index contributed by atoms with van der Waals surface area (Å²) in [6.07, 6.45) is 2.12. The molecule has 0 aliphatic carbocycles. The van der Waals surface area contributed by atoms with E-state index in [1.54, 1.807) is 6.08 Å². The van der Waals surface area contributed by atoms with Gasteiger partial charge in [-0.3, -0.25) is 4.84 Å². The van der Waals surface area contributed by atoms with Crippen molar-refractivity contribution >= 4 is 12.0 Å². The zero-order chi connectivity index (χ0) is 15.5. The summed E-state index contributed by atoms with van der Waals surface area (Å²) in [7, 11) is 0. The van der Waals surface area contributed by atoms with Crippen LogP contribution in [0.5, 0.6) is 0 Å². The van der Waals surface area contributed by atoms with Crippen LogP contribution in [-0.4, -0.2) is 47.2 Å². The smallest absolute Gasteiger partial charge is 0.345 e. The Morgan fingerprint density at radius 1 is 1.36 bits per heavy atom. The first kappa shape index (κ1) is 14.6. The molecule has 2 amide bonds. The van der Waals surface area contributed by atoms with Crippen LogP contribution < -0.4 is 0 Å². The lowest BCUT2D eigenvalue weighted by molar-refractivity contribution is -0.155. The van der Waals surface area contributed by atoms with E-state index in [9.17, 15) is 9.59 Å². The Morgan fingerprint density at radius 3 is 2.82 bits per heavy atom. The lowest BCUT2D eigenvalue weighted by Crippen LogP contribution is -2.48. The van der Waals surface area contributed by atoms with Gasteiger partial charge in [-0.15, -0.1) is 6.58 Å². The van der Waals surface area contributed by atoms with Gasteiger partial charge in [0.25, 0.3) is 0 Å². The number of nitrogens with zero attached hydrogens (tertiary/aromatic N) is 2. The molecule has 1 unspecified atom stereocenters. The third-order valence-corrected chi connectivity index (χ3v) is 3.87. The Balaban J connectivity index is 1.55. The van der Waals surface area contributed by atoms with Gasteiger partial charge in [0.1, 0.15) is 12.6 Å². The van der Waals surface area contributed by atoms with Crippen LogP contribution in [0.15, 0.2) is 43.0 Å². The fourth-order valence-corrected chi connectivity index (χ4v) is 2.82. The monoisotopic (exact) mass is 302 g/mol. The van der Waals surface area contributed by atoms with Crippen molar-refractivity contribution < 1.29 is 19.2 Å². The molecule has 2 aliphatic heterocycles. The molecular formula is C16H18N2O4. The van der Waals surface area contributed by atoms with Crippen LogP contribution in [0.3, 0.4) is 0 Å². The molecule has 0 radical (unpaired) electrons. The summed E-state index contributed by atoms with van der Waals surface area (Å²) >= 11 is 0. The first-order valence-corrected chi connectivity index (χ1v) is 7.25. The first-order valence-electron chi connectivity index (χ1n) is 7.25. The van der Waals surface area contributed by atoms with Crippen molar-refractivity contribution in [2.75, 3.05) is 13.2 Å². The summed E-state index contributed by atoms with van der Waals surface area (Å²) < 4.78 is 5.32. The highest BCUT2D eigenvalue weighted by Gasteiger charge is 2.52. The van der Waals surface area contributed by atoms with Gasteiger partial charge in [-0.25, -0.2) is 9.59 Å². The largest absolute Gasteiger partial charge is 0.459 e. The van der Waals surface area contributed by atoms with Crippen LogP contribution in [0.1, 0.15) is 12.0 Å². The number of hydroxylamine groups is 2. The van der Waals surface area contributed by atoms with E-state index < -0.39 is 6.04 Å². The third kappa shape index (κ3) is 2.69. The number of urea groups is 1. The van der Waals surface area contributed by atoms with Crippen LogP contribution in [0.25, 0.3) is 0 Å². The lowest BCUT2D eigenvalue weighted by Gasteiger charge is -2.29. The second kappa shape index (κ2) is 6.19. The molecular weight excluding hydrogens is 284 g/mol. The van der Waals surface area contributed by atoms with E-state index in [0.29, 0.717) is 13.0 Å². The minimum atomic E-state index is -0.509. The normalized spacial score (nSPS) is 23.0. The highest BCUT2D eigenvalue weighted by Crippen LogP contribution is 2.32. The molecule has 1 aromatic carbocycles. The molecule has 2 aliphatic rings. The molecule has 0 aromatic heterocycles. The van der Waals surface area contributed by atoms with Crippen LogP contribution in [0.2, 0.25) is 0 Å². The van der Waals surface area contributed by atoms with Gasteiger partial charge in [0.2, 0.25) is 0 Å². The van der Waals surface area contributed by atoms with Gasteiger partial charge in [-0.2, -0.15) is 5.06 Å². The van der Waals surface area contributed by atoms with Gasteiger partial charge in [0, 0.05) is 13.0 Å². The van der Waals surface area contributed by atoms with E-state index in [4.69, 9.17) is 9.57 Å². The predicted molar refractivity (Wildman–Crippen MR) is 78.5 cm³/mol. The number of amides is 2. The number of hydrogen-bond donors (Lipinski definition) is 0. The van der Waals surface area contributed by atoms with Gasteiger partial charge in [-0.05, 0) is 5.56 Å². The van der Waals surface area contributed by atoms with Crippen LogP contribution in [0, 0.1) is 0 Å². The topological polar surface area (TPSA) is 59.1 Å². The van der Waals surface area contributed by atoms with Crippen molar-refractivity contribution in [2.45, 2.75) is 25.1 Å². The Morgan fingerprint density at radius 2 is 2.14 bits per heavy atom. The molecule has 22 heavy (non-hydrogen) atoms. The first-order chi connectivity index (χ1) is 10.7. The predicted octanol–water partition coefficient (Wildman–Crippen LogP) is 1.73. The number of benzene rings is 1. The fourth-order valence-electron chi connectivity index (χ4n) is 2.82. The second-order valence-corrected chi connectivity index (χ2v) is 5.34. The number of ether oxygens (including phenoxy) is 1. The zero-order valence-corrected chi connectivity index (χ0v) is 12.2. The maximum Gasteiger partial charge on any atom is 0.345 e. The van der Waals surface area contributed by atoms with Crippen molar-refractivity contribution in [1.82, 2.24) is 9.96 Å². The van der Waals surface area contributed by atoms with Crippen molar-refractivity contribution in [2.24, 2.45) is 0 Å². The van der Waals surface area contributed by atoms with Gasteiger partial charge in [0.15, 0.2) is 0 Å². The molecule has 6 heteroatoms. The summed E-state index contributed by atoms with van der Waals surface area (Å²) in [5.41, 5.74) is 0.927. The molecule has 2 saturated heterocycles. The molecule has 2 heterocycles. The van der Waals surface area contributed by atoms with E-state index in [-0.39, 0.29) is 31.3 Å². The van der Waals surface area contributed by atoms with E-state index in [1.807, 2.05) is 30.3 Å². The Kier molecular flexibility index (Phi) is 4.11. The highest BCUT2D eigenvalue weighted by atomic mass is 16.7. The summed E-state index contributed by atoms with van der Waals surface area (Å²) in [6.45, 7) is 4.55. The van der Waals surface area contributed by atoms with E-state index in [2.05, 4.69) is 6.58 Å². The molecule has 2 atom stereocenters. The average Bonchev–Trinajstić information content (AvgIpc) is 3.10.